The molecule has 1 aromatic heterocycles. The van der Waals surface area contributed by atoms with Gasteiger partial charge in [-0.3, -0.25) is 14.4 Å². The van der Waals surface area contributed by atoms with Crippen LogP contribution in [0.1, 0.15) is 32.1 Å². The van der Waals surface area contributed by atoms with Crippen molar-refractivity contribution in [3.63, 3.8) is 0 Å². The number of benzene rings is 2. The molecule has 0 radical (unpaired) electrons. The molecule has 0 saturated carbocycles. The summed E-state index contributed by atoms with van der Waals surface area (Å²) in [5.74, 6) is -1.30. The molecule has 0 fully saturated rings. The van der Waals surface area contributed by atoms with Crippen LogP contribution in [0.3, 0.4) is 0 Å². The van der Waals surface area contributed by atoms with Gasteiger partial charge < -0.3 is 10.2 Å². The number of rotatable bonds is 5. The molecule has 30 heavy (non-hydrogen) atoms. The topological polar surface area (TPSA) is 84.3 Å². The maximum absolute atomic E-state index is 14.2. The van der Waals surface area contributed by atoms with Crippen LogP contribution in [0.5, 0.6) is 0 Å². The molecule has 1 heterocycles. The highest BCUT2D eigenvalue weighted by Gasteiger charge is 2.20. The number of halogens is 1. The van der Waals surface area contributed by atoms with Crippen LogP contribution in [-0.2, 0) is 6.54 Å². The van der Waals surface area contributed by atoms with E-state index in [4.69, 9.17) is 0 Å². The number of aryl methyl sites for hydroxylation is 1. The van der Waals surface area contributed by atoms with Gasteiger partial charge >= 0.3 is 0 Å². The highest BCUT2D eigenvalue weighted by Crippen LogP contribution is 2.14. The van der Waals surface area contributed by atoms with Crippen LogP contribution in [0, 0.1) is 12.7 Å². The standard InChI is InChI=1S/C22H21FN4O3/c1-14-12-19(28)20(25-27(14)18-7-5-4-6-17(18)23)22(30)26(3)13-15-8-10-16(11-9-15)21(29)24-2/h4-12H,13H2,1-3H3,(H,24,29). The Kier molecular flexibility index (Phi) is 6.06. The molecule has 0 bridgehead atoms. The molecule has 0 spiro atoms. The molecule has 154 valence electrons. The lowest BCUT2D eigenvalue weighted by atomic mass is 10.1. The fourth-order valence-electron chi connectivity index (χ4n) is 3.00. The Balaban J connectivity index is 1.87. The Morgan fingerprint density at radius 1 is 1.13 bits per heavy atom. The lowest BCUT2D eigenvalue weighted by molar-refractivity contribution is 0.0775. The van der Waals surface area contributed by atoms with E-state index in [0.717, 1.165) is 5.56 Å². The molecule has 7 nitrogen and oxygen atoms in total. The van der Waals surface area contributed by atoms with E-state index in [2.05, 4.69) is 10.4 Å². The number of carbonyl (C=O) groups excluding carboxylic acids is 2. The summed E-state index contributed by atoms with van der Waals surface area (Å²) < 4.78 is 15.4. The smallest absolute Gasteiger partial charge is 0.278 e. The number of carbonyl (C=O) groups is 2. The largest absolute Gasteiger partial charge is 0.355 e. The van der Waals surface area contributed by atoms with Gasteiger partial charge in [0.15, 0.2) is 5.69 Å². The maximum atomic E-state index is 14.2. The first kappa shape index (κ1) is 20.9. The molecular formula is C22H21FN4O3. The predicted octanol–water partition coefficient (Wildman–Crippen LogP) is 2.31. The van der Waals surface area contributed by atoms with E-state index in [-0.39, 0.29) is 23.8 Å². The minimum absolute atomic E-state index is 0.150. The molecule has 0 atom stereocenters. The van der Waals surface area contributed by atoms with E-state index in [1.165, 1.54) is 27.8 Å². The molecule has 8 heteroatoms. The Morgan fingerprint density at radius 3 is 2.43 bits per heavy atom. The second-order valence-corrected chi connectivity index (χ2v) is 6.80. The van der Waals surface area contributed by atoms with Crippen LogP contribution in [0.2, 0.25) is 0 Å². The second kappa shape index (κ2) is 8.69. The number of nitrogens with one attached hydrogen (secondary N) is 1. The zero-order valence-electron chi connectivity index (χ0n) is 16.8. The summed E-state index contributed by atoms with van der Waals surface area (Å²) in [5.41, 5.74) is 1.01. The number of hydrogen-bond acceptors (Lipinski definition) is 4. The van der Waals surface area contributed by atoms with Crippen molar-refractivity contribution in [2.24, 2.45) is 0 Å². The lowest BCUT2D eigenvalue weighted by Crippen LogP contribution is -2.33. The molecule has 0 aliphatic heterocycles. The minimum Gasteiger partial charge on any atom is -0.355 e. The summed E-state index contributed by atoms with van der Waals surface area (Å²) in [6.07, 6.45) is 0. The number of amides is 2. The van der Waals surface area contributed by atoms with E-state index in [0.29, 0.717) is 11.3 Å². The number of aromatic nitrogens is 2. The zero-order chi connectivity index (χ0) is 21.8. The molecular weight excluding hydrogens is 387 g/mol. The highest BCUT2D eigenvalue weighted by atomic mass is 19.1. The van der Waals surface area contributed by atoms with Gasteiger partial charge in [-0.2, -0.15) is 5.10 Å². The SMILES string of the molecule is CNC(=O)c1ccc(CN(C)C(=O)c2nn(-c3ccccc3F)c(C)cc2=O)cc1. The van der Waals surface area contributed by atoms with Gasteiger partial charge in [0, 0.05) is 38.0 Å². The Hall–Kier alpha value is -3.81. The van der Waals surface area contributed by atoms with E-state index in [9.17, 15) is 18.8 Å². The third kappa shape index (κ3) is 4.27. The first-order valence-corrected chi connectivity index (χ1v) is 9.24. The van der Waals surface area contributed by atoms with Gasteiger partial charge in [0.2, 0.25) is 5.43 Å². The van der Waals surface area contributed by atoms with Gasteiger partial charge in [-0.1, -0.05) is 24.3 Å². The molecule has 1 N–H and O–H groups in total. The van der Waals surface area contributed by atoms with Gasteiger partial charge in [-0.15, -0.1) is 0 Å². The fraction of sp³-hybridized carbons (Fsp3) is 0.182. The van der Waals surface area contributed by atoms with Gasteiger partial charge in [-0.05, 0) is 36.8 Å². The van der Waals surface area contributed by atoms with Crippen LogP contribution < -0.4 is 10.7 Å². The van der Waals surface area contributed by atoms with Crippen molar-refractivity contribution < 1.29 is 14.0 Å². The summed E-state index contributed by atoms with van der Waals surface area (Å²) in [4.78, 5) is 38.2. The van der Waals surface area contributed by atoms with Gasteiger partial charge in [0.25, 0.3) is 11.8 Å². The van der Waals surface area contributed by atoms with Crippen molar-refractivity contribution >= 4 is 11.8 Å². The van der Waals surface area contributed by atoms with Crippen molar-refractivity contribution in [1.82, 2.24) is 20.0 Å². The molecule has 0 unspecified atom stereocenters. The number of nitrogens with zero attached hydrogens (tertiary/aromatic N) is 3. The van der Waals surface area contributed by atoms with Crippen molar-refractivity contribution in [3.8, 4) is 5.69 Å². The second-order valence-electron chi connectivity index (χ2n) is 6.80. The monoisotopic (exact) mass is 408 g/mol. The first-order valence-electron chi connectivity index (χ1n) is 9.24. The summed E-state index contributed by atoms with van der Waals surface area (Å²) in [7, 11) is 3.09. The van der Waals surface area contributed by atoms with Gasteiger partial charge in [-0.25, -0.2) is 9.07 Å². The number of hydrogen-bond donors (Lipinski definition) is 1. The van der Waals surface area contributed by atoms with Crippen molar-refractivity contribution in [2.45, 2.75) is 13.5 Å². The quantitative estimate of drug-likeness (QED) is 0.702. The van der Waals surface area contributed by atoms with E-state index < -0.39 is 17.2 Å². The lowest BCUT2D eigenvalue weighted by Gasteiger charge is -2.18. The maximum Gasteiger partial charge on any atom is 0.278 e. The van der Waals surface area contributed by atoms with E-state index in [1.807, 2.05) is 0 Å². The summed E-state index contributed by atoms with van der Waals surface area (Å²) in [6, 6.07) is 14.0. The number of para-hydroxylation sites is 1. The molecule has 3 aromatic rings. The van der Waals surface area contributed by atoms with E-state index in [1.54, 1.807) is 57.4 Å². The molecule has 0 aliphatic rings. The Labute approximate surface area is 172 Å². The predicted molar refractivity (Wildman–Crippen MR) is 110 cm³/mol. The van der Waals surface area contributed by atoms with Gasteiger partial charge in [0.05, 0.1) is 0 Å². The average molecular weight is 408 g/mol. The molecule has 2 aromatic carbocycles. The molecule has 0 aliphatic carbocycles. The summed E-state index contributed by atoms with van der Waals surface area (Å²) >= 11 is 0. The third-order valence-electron chi connectivity index (χ3n) is 4.60. The molecule has 2 amide bonds. The molecule has 0 saturated heterocycles. The van der Waals surface area contributed by atoms with Crippen molar-refractivity contribution in [2.75, 3.05) is 14.1 Å². The summed E-state index contributed by atoms with van der Waals surface area (Å²) in [5, 5.41) is 6.67. The van der Waals surface area contributed by atoms with Crippen LogP contribution in [-0.4, -0.2) is 40.6 Å². The Bertz CT molecular complexity index is 1160. The van der Waals surface area contributed by atoms with Crippen LogP contribution >= 0.6 is 0 Å². The van der Waals surface area contributed by atoms with Crippen molar-refractivity contribution in [3.05, 3.63) is 93.2 Å². The fourth-order valence-corrected chi connectivity index (χ4v) is 3.00. The van der Waals surface area contributed by atoms with Crippen LogP contribution in [0.15, 0.2) is 59.4 Å². The Morgan fingerprint density at radius 2 is 1.80 bits per heavy atom. The van der Waals surface area contributed by atoms with Crippen LogP contribution in [0.25, 0.3) is 5.69 Å². The highest BCUT2D eigenvalue weighted by molar-refractivity contribution is 5.94. The average Bonchev–Trinajstić information content (AvgIpc) is 2.74. The summed E-state index contributed by atoms with van der Waals surface area (Å²) in [6.45, 7) is 1.83. The normalized spacial score (nSPS) is 10.5. The van der Waals surface area contributed by atoms with E-state index >= 15 is 0 Å². The minimum atomic E-state index is -0.583. The zero-order valence-corrected chi connectivity index (χ0v) is 16.8. The molecule has 3 rings (SSSR count). The van der Waals surface area contributed by atoms with Gasteiger partial charge in [0.1, 0.15) is 11.5 Å². The van der Waals surface area contributed by atoms with Crippen molar-refractivity contribution in [1.29, 1.82) is 0 Å². The van der Waals surface area contributed by atoms with Crippen LogP contribution in [0.4, 0.5) is 4.39 Å². The first-order chi connectivity index (χ1) is 14.3. The third-order valence-corrected chi connectivity index (χ3v) is 4.60.